The van der Waals surface area contributed by atoms with Gasteiger partial charge in [0.2, 0.25) is 0 Å². The first-order valence-electron chi connectivity index (χ1n) is 2.94. The molecule has 0 aromatic carbocycles. The van der Waals surface area contributed by atoms with E-state index < -0.39 is 0 Å². The SMILES string of the molecule is C=C(OC)c1ncncc1Br. The lowest BCUT2D eigenvalue weighted by atomic mass is 10.4. The normalized spacial score (nSPS) is 9.27. The van der Waals surface area contributed by atoms with Crippen LogP contribution in [0.25, 0.3) is 5.76 Å². The molecular formula is C7H7BrN2O. The van der Waals surface area contributed by atoms with Crippen LogP contribution in [0, 0.1) is 0 Å². The van der Waals surface area contributed by atoms with Crippen molar-refractivity contribution >= 4 is 21.7 Å². The molecule has 0 aliphatic carbocycles. The van der Waals surface area contributed by atoms with Crippen molar-refractivity contribution in [1.82, 2.24) is 9.97 Å². The van der Waals surface area contributed by atoms with Gasteiger partial charge in [-0.3, -0.25) is 0 Å². The van der Waals surface area contributed by atoms with Crippen molar-refractivity contribution in [3.8, 4) is 0 Å². The molecule has 0 aliphatic rings. The third-order valence-electron chi connectivity index (χ3n) is 1.18. The van der Waals surface area contributed by atoms with Gasteiger partial charge in [0, 0.05) is 6.20 Å². The summed E-state index contributed by atoms with van der Waals surface area (Å²) in [5.41, 5.74) is 0.683. The van der Waals surface area contributed by atoms with Gasteiger partial charge in [-0.15, -0.1) is 0 Å². The summed E-state index contributed by atoms with van der Waals surface area (Å²) in [6, 6.07) is 0. The van der Waals surface area contributed by atoms with E-state index in [1.165, 1.54) is 6.33 Å². The number of ether oxygens (including phenoxy) is 1. The number of nitrogens with zero attached hydrogens (tertiary/aromatic N) is 2. The third kappa shape index (κ3) is 1.77. The molecule has 3 nitrogen and oxygen atoms in total. The molecule has 0 bridgehead atoms. The zero-order valence-corrected chi connectivity index (χ0v) is 7.63. The topological polar surface area (TPSA) is 35.0 Å². The van der Waals surface area contributed by atoms with Gasteiger partial charge in [-0.05, 0) is 15.9 Å². The molecule has 4 heteroatoms. The van der Waals surface area contributed by atoms with Crippen LogP contribution in [0.4, 0.5) is 0 Å². The van der Waals surface area contributed by atoms with Gasteiger partial charge in [0.05, 0.1) is 11.6 Å². The second kappa shape index (κ2) is 3.48. The average molecular weight is 215 g/mol. The van der Waals surface area contributed by atoms with E-state index in [0.29, 0.717) is 11.5 Å². The van der Waals surface area contributed by atoms with E-state index in [1.54, 1.807) is 13.3 Å². The standard InChI is InChI=1S/C7H7BrN2O/c1-5(11-2)7-6(8)3-9-4-10-7/h3-4H,1H2,2H3. The van der Waals surface area contributed by atoms with Gasteiger partial charge < -0.3 is 4.74 Å². The van der Waals surface area contributed by atoms with E-state index in [0.717, 1.165) is 4.47 Å². The van der Waals surface area contributed by atoms with Gasteiger partial charge in [-0.1, -0.05) is 6.58 Å². The largest absolute Gasteiger partial charge is 0.495 e. The summed E-state index contributed by atoms with van der Waals surface area (Å²) in [5.74, 6) is 0.527. The Morgan fingerprint density at radius 2 is 2.45 bits per heavy atom. The number of methoxy groups -OCH3 is 1. The lowest BCUT2D eigenvalue weighted by molar-refractivity contribution is 0.369. The van der Waals surface area contributed by atoms with Crippen molar-refractivity contribution in [1.29, 1.82) is 0 Å². The van der Waals surface area contributed by atoms with Gasteiger partial charge in [-0.25, -0.2) is 9.97 Å². The number of aromatic nitrogens is 2. The summed E-state index contributed by atoms with van der Waals surface area (Å²) in [6.45, 7) is 3.66. The molecule has 0 atom stereocenters. The molecule has 11 heavy (non-hydrogen) atoms. The van der Waals surface area contributed by atoms with E-state index in [1.807, 2.05) is 0 Å². The quantitative estimate of drug-likeness (QED) is 0.706. The Labute approximate surface area is 73.3 Å². The van der Waals surface area contributed by atoms with Crippen molar-refractivity contribution in [2.75, 3.05) is 7.11 Å². The highest BCUT2D eigenvalue weighted by molar-refractivity contribution is 9.10. The fraction of sp³-hybridized carbons (Fsp3) is 0.143. The summed E-state index contributed by atoms with van der Waals surface area (Å²) >= 11 is 3.27. The molecule has 0 saturated carbocycles. The molecule has 1 rings (SSSR count). The Balaban J connectivity index is 3.03. The molecular weight excluding hydrogens is 208 g/mol. The summed E-state index contributed by atoms with van der Waals surface area (Å²) in [6.07, 6.45) is 3.09. The number of rotatable bonds is 2. The van der Waals surface area contributed by atoms with Crippen LogP contribution < -0.4 is 0 Å². The van der Waals surface area contributed by atoms with Gasteiger partial charge in [0.15, 0.2) is 0 Å². The molecule has 1 heterocycles. The molecule has 1 aromatic rings. The first kappa shape index (κ1) is 8.20. The monoisotopic (exact) mass is 214 g/mol. The van der Waals surface area contributed by atoms with Gasteiger partial charge >= 0.3 is 0 Å². The minimum atomic E-state index is 0.527. The lowest BCUT2D eigenvalue weighted by Crippen LogP contribution is -1.92. The summed E-state index contributed by atoms with van der Waals surface area (Å²) in [4.78, 5) is 7.77. The molecule has 0 aliphatic heterocycles. The minimum absolute atomic E-state index is 0.527. The molecule has 0 radical (unpaired) electrons. The smallest absolute Gasteiger partial charge is 0.138 e. The van der Waals surface area contributed by atoms with Crippen molar-refractivity contribution in [3.63, 3.8) is 0 Å². The van der Waals surface area contributed by atoms with Crippen LogP contribution in [-0.2, 0) is 4.74 Å². The molecule has 0 fully saturated rings. The van der Waals surface area contributed by atoms with Crippen molar-refractivity contribution in [2.45, 2.75) is 0 Å². The Morgan fingerprint density at radius 3 is 3.00 bits per heavy atom. The lowest BCUT2D eigenvalue weighted by Gasteiger charge is -2.03. The van der Waals surface area contributed by atoms with Crippen LogP contribution in [0.5, 0.6) is 0 Å². The average Bonchev–Trinajstić information content (AvgIpc) is 2.04. The number of halogens is 1. The summed E-state index contributed by atoms with van der Waals surface area (Å²) < 4.78 is 5.69. The second-order valence-electron chi connectivity index (χ2n) is 1.85. The van der Waals surface area contributed by atoms with E-state index in [2.05, 4.69) is 32.5 Å². The van der Waals surface area contributed by atoms with Crippen LogP contribution >= 0.6 is 15.9 Å². The second-order valence-corrected chi connectivity index (χ2v) is 2.70. The van der Waals surface area contributed by atoms with Gasteiger partial charge in [0.25, 0.3) is 0 Å². The fourth-order valence-electron chi connectivity index (χ4n) is 0.615. The Hall–Kier alpha value is -0.900. The fourth-order valence-corrected chi connectivity index (χ4v) is 1.06. The third-order valence-corrected chi connectivity index (χ3v) is 1.76. The van der Waals surface area contributed by atoms with Crippen LogP contribution in [0.1, 0.15) is 5.69 Å². The molecule has 0 saturated heterocycles. The predicted molar refractivity (Wildman–Crippen MR) is 45.8 cm³/mol. The van der Waals surface area contributed by atoms with E-state index in [-0.39, 0.29) is 0 Å². The highest BCUT2D eigenvalue weighted by Gasteiger charge is 2.03. The molecule has 1 aromatic heterocycles. The molecule has 0 unspecified atom stereocenters. The predicted octanol–water partition coefficient (Wildman–Crippen LogP) is 1.86. The summed E-state index contributed by atoms with van der Waals surface area (Å²) in [7, 11) is 1.55. The summed E-state index contributed by atoms with van der Waals surface area (Å²) in [5, 5.41) is 0. The molecule has 58 valence electrons. The van der Waals surface area contributed by atoms with Crippen molar-refractivity contribution < 1.29 is 4.74 Å². The Bertz CT molecular complexity index is 275. The van der Waals surface area contributed by atoms with Gasteiger partial charge in [-0.2, -0.15) is 0 Å². The van der Waals surface area contributed by atoms with Crippen molar-refractivity contribution in [3.05, 3.63) is 29.3 Å². The maximum Gasteiger partial charge on any atom is 0.138 e. The first-order valence-corrected chi connectivity index (χ1v) is 3.73. The maximum atomic E-state index is 4.90. The first-order chi connectivity index (χ1) is 5.25. The van der Waals surface area contributed by atoms with Crippen LogP contribution in [-0.4, -0.2) is 17.1 Å². The Kier molecular flexibility index (Phi) is 2.59. The zero-order chi connectivity index (χ0) is 8.27. The van der Waals surface area contributed by atoms with Crippen molar-refractivity contribution in [2.24, 2.45) is 0 Å². The Morgan fingerprint density at radius 1 is 1.73 bits per heavy atom. The molecule has 0 amide bonds. The van der Waals surface area contributed by atoms with E-state index >= 15 is 0 Å². The molecule has 0 spiro atoms. The van der Waals surface area contributed by atoms with E-state index in [4.69, 9.17) is 4.74 Å². The van der Waals surface area contributed by atoms with Crippen LogP contribution in [0.15, 0.2) is 23.6 Å². The van der Waals surface area contributed by atoms with Crippen LogP contribution in [0.3, 0.4) is 0 Å². The highest BCUT2D eigenvalue weighted by Crippen LogP contribution is 2.19. The highest BCUT2D eigenvalue weighted by atomic mass is 79.9. The van der Waals surface area contributed by atoms with Gasteiger partial charge in [0.1, 0.15) is 17.8 Å². The van der Waals surface area contributed by atoms with E-state index in [9.17, 15) is 0 Å². The minimum Gasteiger partial charge on any atom is -0.495 e. The zero-order valence-electron chi connectivity index (χ0n) is 6.04. The van der Waals surface area contributed by atoms with Crippen LogP contribution in [0.2, 0.25) is 0 Å². The number of hydrogen-bond donors (Lipinski definition) is 0. The molecule has 0 N–H and O–H groups in total. The number of hydrogen-bond acceptors (Lipinski definition) is 3. The maximum absolute atomic E-state index is 4.90.